The lowest BCUT2D eigenvalue weighted by Gasteiger charge is -2.23. The molecule has 2 aromatic rings. The first-order valence-corrected chi connectivity index (χ1v) is 7.05. The number of carbonyl (C=O) groups excluding carboxylic acids is 1. The van der Waals surface area contributed by atoms with Crippen molar-refractivity contribution in [1.29, 1.82) is 0 Å². The van der Waals surface area contributed by atoms with Gasteiger partial charge in [-0.25, -0.2) is 9.97 Å². The lowest BCUT2D eigenvalue weighted by atomic mass is 10.1. The van der Waals surface area contributed by atoms with Crippen molar-refractivity contribution in [3.63, 3.8) is 0 Å². The highest BCUT2D eigenvalue weighted by Gasteiger charge is 2.27. The summed E-state index contributed by atoms with van der Waals surface area (Å²) in [6.45, 7) is 3.68. The van der Waals surface area contributed by atoms with Gasteiger partial charge in [0, 0.05) is 11.6 Å². The van der Waals surface area contributed by atoms with Crippen molar-refractivity contribution >= 4 is 33.2 Å². The number of halogens is 1. The summed E-state index contributed by atoms with van der Waals surface area (Å²) in [6, 6.07) is 0. The highest BCUT2D eigenvalue weighted by molar-refractivity contribution is 9.10. The molecular formula is C11H11BrN4O2S. The van der Waals surface area contributed by atoms with Crippen molar-refractivity contribution in [3.05, 3.63) is 43.4 Å². The fourth-order valence-electron chi connectivity index (χ4n) is 1.47. The number of aromatic nitrogens is 3. The van der Waals surface area contributed by atoms with Gasteiger partial charge in [-0.05, 0) is 29.8 Å². The van der Waals surface area contributed by atoms with Crippen LogP contribution in [0.25, 0.3) is 0 Å². The number of thiazole rings is 1. The minimum atomic E-state index is -0.630. The molecule has 0 atom stereocenters. The van der Waals surface area contributed by atoms with E-state index in [1.54, 1.807) is 6.20 Å². The maximum atomic E-state index is 12.1. The molecule has 0 aliphatic heterocycles. The molecule has 6 nitrogen and oxygen atoms in total. The van der Waals surface area contributed by atoms with Crippen molar-refractivity contribution in [2.75, 3.05) is 0 Å². The van der Waals surface area contributed by atoms with Crippen LogP contribution in [0.2, 0.25) is 0 Å². The van der Waals surface area contributed by atoms with Gasteiger partial charge in [-0.15, -0.1) is 11.3 Å². The van der Waals surface area contributed by atoms with Crippen molar-refractivity contribution < 1.29 is 4.79 Å². The van der Waals surface area contributed by atoms with E-state index >= 15 is 0 Å². The molecule has 0 unspecified atom stereocenters. The SMILES string of the molecule is CC(C)(NC(=O)c1nc[nH]c(=O)c1Br)c1nccs1. The van der Waals surface area contributed by atoms with E-state index in [2.05, 4.69) is 36.2 Å². The predicted molar refractivity (Wildman–Crippen MR) is 75.2 cm³/mol. The molecule has 8 heteroatoms. The van der Waals surface area contributed by atoms with E-state index < -0.39 is 17.0 Å². The van der Waals surface area contributed by atoms with Crippen LogP contribution in [0.1, 0.15) is 29.3 Å². The van der Waals surface area contributed by atoms with Crippen molar-refractivity contribution in [2.24, 2.45) is 0 Å². The molecule has 19 heavy (non-hydrogen) atoms. The minimum absolute atomic E-state index is 0.0494. The summed E-state index contributed by atoms with van der Waals surface area (Å²) in [7, 11) is 0. The van der Waals surface area contributed by atoms with Crippen LogP contribution < -0.4 is 10.9 Å². The molecular weight excluding hydrogens is 332 g/mol. The van der Waals surface area contributed by atoms with Crippen LogP contribution in [0, 0.1) is 0 Å². The molecule has 2 aromatic heterocycles. The van der Waals surface area contributed by atoms with Gasteiger partial charge in [0.25, 0.3) is 11.5 Å². The number of nitrogens with one attached hydrogen (secondary N) is 2. The summed E-state index contributed by atoms with van der Waals surface area (Å²) < 4.78 is 0.113. The first-order chi connectivity index (χ1) is 8.92. The molecule has 2 N–H and O–H groups in total. The Morgan fingerprint density at radius 3 is 2.84 bits per heavy atom. The molecule has 0 fully saturated rings. The van der Waals surface area contributed by atoms with Crippen LogP contribution in [-0.2, 0) is 5.54 Å². The Hall–Kier alpha value is -1.54. The average Bonchev–Trinajstić information content (AvgIpc) is 2.86. The van der Waals surface area contributed by atoms with Crippen LogP contribution >= 0.6 is 27.3 Å². The number of carbonyl (C=O) groups is 1. The van der Waals surface area contributed by atoms with Crippen molar-refractivity contribution in [2.45, 2.75) is 19.4 Å². The number of rotatable bonds is 3. The number of nitrogens with zero attached hydrogens (tertiary/aromatic N) is 2. The average molecular weight is 343 g/mol. The third kappa shape index (κ3) is 2.90. The zero-order valence-corrected chi connectivity index (χ0v) is 12.6. The monoisotopic (exact) mass is 342 g/mol. The van der Waals surface area contributed by atoms with Gasteiger partial charge in [0.05, 0.1) is 11.9 Å². The molecule has 0 aliphatic rings. The number of H-pyrrole nitrogens is 1. The van der Waals surface area contributed by atoms with Gasteiger partial charge < -0.3 is 10.3 Å². The smallest absolute Gasteiger partial charge is 0.272 e. The maximum Gasteiger partial charge on any atom is 0.272 e. The molecule has 1 amide bonds. The van der Waals surface area contributed by atoms with E-state index in [9.17, 15) is 9.59 Å². The largest absolute Gasteiger partial charge is 0.339 e. The highest BCUT2D eigenvalue weighted by Crippen LogP contribution is 2.22. The van der Waals surface area contributed by atoms with Gasteiger partial charge in [0.1, 0.15) is 15.2 Å². The number of amides is 1. The summed E-state index contributed by atoms with van der Waals surface area (Å²) >= 11 is 4.51. The first kappa shape index (κ1) is 13.9. The van der Waals surface area contributed by atoms with Gasteiger partial charge in [0.15, 0.2) is 0 Å². The van der Waals surface area contributed by atoms with Gasteiger partial charge in [0.2, 0.25) is 0 Å². The van der Waals surface area contributed by atoms with E-state index in [4.69, 9.17) is 0 Å². The fourth-order valence-corrected chi connectivity index (χ4v) is 2.58. The maximum absolute atomic E-state index is 12.1. The lowest BCUT2D eigenvalue weighted by Crippen LogP contribution is -2.41. The summed E-state index contributed by atoms with van der Waals surface area (Å²) in [5.41, 5.74) is -0.977. The molecule has 100 valence electrons. The van der Waals surface area contributed by atoms with Crippen molar-refractivity contribution in [3.8, 4) is 0 Å². The Morgan fingerprint density at radius 2 is 2.21 bits per heavy atom. The molecule has 0 saturated heterocycles. The Morgan fingerprint density at radius 1 is 1.47 bits per heavy atom. The molecule has 0 saturated carbocycles. The Kier molecular flexibility index (Phi) is 3.81. The molecule has 0 aromatic carbocycles. The van der Waals surface area contributed by atoms with E-state index in [1.807, 2.05) is 19.2 Å². The number of hydrogen-bond donors (Lipinski definition) is 2. The molecule has 2 rings (SSSR count). The third-order valence-corrected chi connectivity index (χ3v) is 4.24. The van der Waals surface area contributed by atoms with Crippen LogP contribution in [0.5, 0.6) is 0 Å². The first-order valence-electron chi connectivity index (χ1n) is 5.37. The highest BCUT2D eigenvalue weighted by atomic mass is 79.9. The van der Waals surface area contributed by atoms with E-state index in [0.29, 0.717) is 0 Å². The van der Waals surface area contributed by atoms with Crippen LogP contribution in [-0.4, -0.2) is 20.9 Å². The molecule has 2 heterocycles. The standard InChI is InChI=1S/C11H11BrN4O2S/c1-11(2,10-13-3-4-19-10)16-9(18)7-6(12)8(17)15-5-14-7/h3-5H,1-2H3,(H,16,18)(H,14,15,17). The lowest BCUT2D eigenvalue weighted by molar-refractivity contribution is 0.0905. The third-order valence-electron chi connectivity index (χ3n) is 2.40. The quantitative estimate of drug-likeness (QED) is 0.887. The van der Waals surface area contributed by atoms with Crippen LogP contribution in [0.4, 0.5) is 0 Å². The molecule has 0 bridgehead atoms. The second-order valence-electron chi connectivity index (χ2n) is 4.31. The summed E-state index contributed by atoms with van der Waals surface area (Å²) in [5, 5.41) is 5.42. The molecule has 0 aliphatic carbocycles. The number of aromatic amines is 1. The fraction of sp³-hybridized carbons (Fsp3) is 0.273. The van der Waals surface area contributed by atoms with Gasteiger partial charge in [-0.3, -0.25) is 9.59 Å². The second kappa shape index (κ2) is 5.22. The number of hydrogen-bond acceptors (Lipinski definition) is 5. The van der Waals surface area contributed by atoms with Gasteiger partial charge in [-0.2, -0.15) is 0 Å². The second-order valence-corrected chi connectivity index (χ2v) is 6.00. The zero-order chi connectivity index (χ0) is 14.0. The summed E-state index contributed by atoms with van der Waals surface area (Å²) in [4.78, 5) is 34.0. The Balaban J connectivity index is 2.27. The Bertz CT molecular complexity index is 651. The van der Waals surface area contributed by atoms with E-state index in [0.717, 1.165) is 5.01 Å². The minimum Gasteiger partial charge on any atom is -0.339 e. The van der Waals surface area contributed by atoms with E-state index in [-0.39, 0.29) is 10.2 Å². The van der Waals surface area contributed by atoms with Crippen LogP contribution in [0.15, 0.2) is 27.2 Å². The van der Waals surface area contributed by atoms with Gasteiger partial charge >= 0.3 is 0 Å². The Labute approximate surface area is 121 Å². The normalized spacial score (nSPS) is 11.3. The molecule has 0 spiro atoms. The van der Waals surface area contributed by atoms with Crippen LogP contribution in [0.3, 0.4) is 0 Å². The summed E-state index contributed by atoms with van der Waals surface area (Å²) in [5.74, 6) is -0.432. The van der Waals surface area contributed by atoms with Crippen molar-refractivity contribution in [1.82, 2.24) is 20.3 Å². The van der Waals surface area contributed by atoms with E-state index in [1.165, 1.54) is 17.7 Å². The molecule has 0 radical (unpaired) electrons. The topological polar surface area (TPSA) is 87.7 Å². The zero-order valence-electron chi connectivity index (χ0n) is 10.2. The van der Waals surface area contributed by atoms with Gasteiger partial charge in [-0.1, -0.05) is 0 Å². The predicted octanol–water partition coefficient (Wildman–Crippen LogP) is 1.65. The summed E-state index contributed by atoms with van der Waals surface area (Å²) in [6.07, 6.45) is 2.87.